The highest BCUT2D eigenvalue weighted by Gasteiger charge is 2.16. The van der Waals surface area contributed by atoms with Gasteiger partial charge in [0, 0.05) is 19.5 Å². The fourth-order valence-electron chi connectivity index (χ4n) is 1.26. The molecule has 1 amide bonds. The Hall–Kier alpha value is -0.280. The van der Waals surface area contributed by atoms with Crippen LogP contribution in [0.4, 0.5) is 0 Å². The molecule has 4 heteroatoms. The molecule has 1 rings (SSSR count). The highest BCUT2D eigenvalue weighted by Crippen LogP contribution is 2.07. The average molecular weight is 179 g/mol. The van der Waals surface area contributed by atoms with Gasteiger partial charge in [-0.15, -0.1) is 12.4 Å². The Morgan fingerprint density at radius 3 is 2.91 bits per heavy atom. The van der Waals surface area contributed by atoms with Crippen molar-refractivity contribution in [2.45, 2.75) is 25.3 Å². The number of rotatable bonds is 2. The minimum absolute atomic E-state index is 0. The summed E-state index contributed by atoms with van der Waals surface area (Å²) in [5, 5.41) is 5.87. The number of nitrogens with one attached hydrogen (secondary N) is 2. The van der Waals surface area contributed by atoms with Gasteiger partial charge in [0.15, 0.2) is 0 Å². The van der Waals surface area contributed by atoms with Crippen molar-refractivity contribution < 1.29 is 4.79 Å². The Balaban J connectivity index is 0.000001000. The molecule has 3 nitrogen and oxygen atoms in total. The van der Waals surface area contributed by atoms with E-state index in [-0.39, 0.29) is 18.3 Å². The summed E-state index contributed by atoms with van der Waals surface area (Å²) in [6, 6.07) is 0.431. The predicted molar refractivity (Wildman–Crippen MR) is 47.0 cm³/mol. The fourth-order valence-corrected chi connectivity index (χ4v) is 1.26. The molecular weight excluding hydrogens is 164 g/mol. The lowest BCUT2D eigenvalue weighted by Crippen LogP contribution is -2.29. The standard InChI is InChI=1S/C7H14N2O.ClH/c1-8-7(10)5-6-3-2-4-9-6;/h6,9H,2-5H2,1H3,(H,8,10);1H. The lowest BCUT2D eigenvalue weighted by molar-refractivity contribution is -0.121. The maximum absolute atomic E-state index is 10.8. The molecule has 0 aliphatic carbocycles. The maximum Gasteiger partial charge on any atom is 0.221 e. The van der Waals surface area contributed by atoms with E-state index in [1.165, 1.54) is 6.42 Å². The van der Waals surface area contributed by atoms with Crippen LogP contribution in [0, 0.1) is 0 Å². The number of carbonyl (C=O) groups is 1. The van der Waals surface area contributed by atoms with Crippen LogP contribution in [0.3, 0.4) is 0 Å². The minimum atomic E-state index is 0. The third-order valence-electron chi connectivity index (χ3n) is 1.87. The molecule has 0 saturated carbocycles. The third kappa shape index (κ3) is 3.58. The molecule has 1 aliphatic heterocycles. The minimum Gasteiger partial charge on any atom is -0.359 e. The number of hydrogen-bond acceptors (Lipinski definition) is 2. The molecule has 0 aromatic carbocycles. The van der Waals surface area contributed by atoms with Crippen LogP contribution in [0.5, 0.6) is 0 Å². The summed E-state index contributed by atoms with van der Waals surface area (Å²) in [5.41, 5.74) is 0. The van der Waals surface area contributed by atoms with Crippen LogP contribution in [-0.4, -0.2) is 25.5 Å². The first kappa shape index (κ1) is 10.7. The highest BCUT2D eigenvalue weighted by atomic mass is 35.5. The van der Waals surface area contributed by atoms with Gasteiger partial charge in [0.05, 0.1) is 0 Å². The van der Waals surface area contributed by atoms with Crippen LogP contribution in [-0.2, 0) is 4.79 Å². The van der Waals surface area contributed by atoms with Crippen LogP contribution < -0.4 is 10.6 Å². The zero-order valence-electron chi connectivity index (χ0n) is 6.72. The van der Waals surface area contributed by atoms with E-state index in [0.29, 0.717) is 12.5 Å². The summed E-state index contributed by atoms with van der Waals surface area (Å²) >= 11 is 0. The lowest BCUT2D eigenvalue weighted by atomic mass is 10.1. The van der Waals surface area contributed by atoms with Crippen LogP contribution in [0.2, 0.25) is 0 Å². The van der Waals surface area contributed by atoms with Gasteiger partial charge in [-0.25, -0.2) is 0 Å². The van der Waals surface area contributed by atoms with Gasteiger partial charge in [0.2, 0.25) is 5.91 Å². The molecule has 0 bridgehead atoms. The second-order valence-corrected chi connectivity index (χ2v) is 2.67. The fraction of sp³-hybridized carbons (Fsp3) is 0.857. The monoisotopic (exact) mass is 178 g/mol. The lowest BCUT2D eigenvalue weighted by Gasteiger charge is -2.07. The SMILES string of the molecule is CNC(=O)CC1CCCN1.Cl. The normalized spacial score (nSPS) is 22.5. The first-order valence-electron chi connectivity index (χ1n) is 3.77. The Labute approximate surface area is 73.3 Å². The summed E-state index contributed by atoms with van der Waals surface area (Å²) in [6.07, 6.45) is 2.99. The van der Waals surface area contributed by atoms with Crippen molar-refractivity contribution in [2.24, 2.45) is 0 Å². The molecule has 1 unspecified atom stereocenters. The van der Waals surface area contributed by atoms with Gasteiger partial charge in [-0.05, 0) is 19.4 Å². The topological polar surface area (TPSA) is 41.1 Å². The van der Waals surface area contributed by atoms with E-state index in [2.05, 4.69) is 10.6 Å². The van der Waals surface area contributed by atoms with Crippen LogP contribution in [0.1, 0.15) is 19.3 Å². The number of hydrogen-bond donors (Lipinski definition) is 2. The second kappa shape index (κ2) is 5.38. The second-order valence-electron chi connectivity index (χ2n) is 2.67. The van der Waals surface area contributed by atoms with Gasteiger partial charge in [-0.3, -0.25) is 4.79 Å². The first-order valence-corrected chi connectivity index (χ1v) is 3.77. The molecule has 1 aliphatic rings. The molecule has 0 aromatic rings. The quantitative estimate of drug-likeness (QED) is 0.639. The van der Waals surface area contributed by atoms with E-state index < -0.39 is 0 Å². The number of amides is 1. The molecule has 0 spiro atoms. The molecule has 11 heavy (non-hydrogen) atoms. The third-order valence-corrected chi connectivity index (χ3v) is 1.87. The largest absolute Gasteiger partial charge is 0.359 e. The van der Waals surface area contributed by atoms with Gasteiger partial charge in [-0.1, -0.05) is 0 Å². The van der Waals surface area contributed by atoms with Gasteiger partial charge in [0.25, 0.3) is 0 Å². The Kier molecular flexibility index (Phi) is 5.24. The zero-order valence-corrected chi connectivity index (χ0v) is 7.54. The van der Waals surface area contributed by atoms with Crippen molar-refractivity contribution in [1.29, 1.82) is 0 Å². The summed E-state index contributed by atoms with van der Waals surface area (Å²) < 4.78 is 0. The molecule has 1 heterocycles. The van der Waals surface area contributed by atoms with Gasteiger partial charge >= 0.3 is 0 Å². The highest BCUT2D eigenvalue weighted by molar-refractivity contribution is 5.85. The van der Waals surface area contributed by atoms with E-state index >= 15 is 0 Å². The van der Waals surface area contributed by atoms with E-state index in [4.69, 9.17) is 0 Å². The van der Waals surface area contributed by atoms with Crippen molar-refractivity contribution in [3.05, 3.63) is 0 Å². The molecule has 1 atom stereocenters. The van der Waals surface area contributed by atoms with E-state index in [9.17, 15) is 4.79 Å². The Morgan fingerprint density at radius 2 is 2.45 bits per heavy atom. The molecule has 1 saturated heterocycles. The molecule has 0 radical (unpaired) electrons. The Bertz CT molecular complexity index is 124. The van der Waals surface area contributed by atoms with Crippen molar-refractivity contribution in [3.8, 4) is 0 Å². The summed E-state index contributed by atoms with van der Waals surface area (Å²) in [6.45, 7) is 1.07. The molecule has 2 N–H and O–H groups in total. The Morgan fingerprint density at radius 1 is 1.73 bits per heavy atom. The van der Waals surface area contributed by atoms with E-state index in [1.54, 1.807) is 7.05 Å². The van der Waals surface area contributed by atoms with Crippen molar-refractivity contribution in [2.75, 3.05) is 13.6 Å². The van der Waals surface area contributed by atoms with Gasteiger partial charge in [-0.2, -0.15) is 0 Å². The van der Waals surface area contributed by atoms with E-state index in [0.717, 1.165) is 13.0 Å². The molecule has 0 aromatic heterocycles. The molecule has 1 fully saturated rings. The smallest absolute Gasteiger partial charge is 0.221 e. The summed E-state index contributed by atoms with van der Waals surface area (Å²) in [5.74, 6) is 0.138. The van der Waals surface area contributed by atoms with Crippen molar-refractivity contribution >= 4 is 18.3 Å². The predicted octanol–water partition coefficient (Wildman–Crippen LogP) is 0.296. The first-order chi connectivity index (χ1) is 4.83. The molecular formula is C7H15ClN2O. The van der Waals surface area contributed by atoms with Crippen LogP contribution in [0.25, 0.3) is 0 Å². The summed E-state index contributed by atoms with van der Waals surface area (Å²) in [7, 11) is 1.68. The van der Waals surface area contributed by atoms with Crippen LogP contribution >= 0.6 is 12.4 Å². The van der Waals surface area contributed by atoms with E-state index in [1.807, 2.05) is 0 Å². The summed E-state index contributed by atoms with van der Waals surface area (Å²) in [4.78, 5) is 10.8. The van der Waals surface area contributed by atoms with Crippen molar-refractivity contribution in [1.82, 2.24) is 10.6 Å². The van der Waals surface area contributed by atoms with Crippen molar-refractivity contribution in [3.63, 3.8) is 0 Å². The maximum atomic E-state index is 10.8. The van der Waals surface area contributed by atoms with Gasteiger partial charge < -0.3 is 10.6 Å². The number of halogens is 1. The van der Waals surface area contributed by atoms with Crippen LogP contribution in [0.15, 0.2) is 0 Å². The zero-order chi connectivity index (χ0) is 7.40. The molecule has 66 valence electrons. The average Bonchev–Trinajstić information content (AvgIpc) is 2.40. The number of carbonyl (C=O) groups excluding carboxylic acids is 1. The van der Waals surface area contributed by atoms with Gasteiger partial charge in [0.1, 0.15) is 0 Å².